The molecule has 10 rings (SSSR count). The minimum atomic E-state index is -2.02. The van der Waals surface area contributed by atoms with E-state index in [9.17, 15) is 66.4 Å². The molecule has 0 radical (unpaired) electrons. The molecule has 0 amide bonds. The van der Waals surface area contributed by atoms with Crippen LogP contribution in [0.1, 0.15) is 85.5 Å². The van der Waals surface area contributed by atoms with E-state index in [-0.39, 0.29) is 22.9 Å². The molecular weight excluding hydrogens is 969 g/mol. The number of aliphatic hydroxyl groups excluding tert-OH is 13. The molecule has 0 aromatic carbocycles. The molecule has 23 nitrogen and oxygen atoms in total. The Bertz CT molecular complexity index is 1860. The third kappa shape index (κ3) is 9.49. The van der Waals surface area contributed by atoms with Crippen molar-refractivity contribution in [3.63, 3.8) is 0 Å². The Kier molecular flexibility index (Phi) is 16.1. The van der Waals surface area contributed by atoms with Gasteiger partial charge in [-0.1, -0.05) is 27.7 Å². The Morgan fingerprint density at radius 2 is 1.15 bits per heavy atom. The molecule has 10 aliphatic rings. The summed E-state index contributed by atoms with van der Waals surface area (Å²) in [7, 11) is 0. The molecule has 420 valence electrons. The van der Waals surface area contributed by atoms with Gasteiger partial charge in [-0.2, -0.15) is 0 Å². The number of rotatable bonds is 11. The van der Waals surface area contributed by atoms with Crippen LogP contribution in [-0.2, 0) is 47.4 Å². The predicted octanol–water partition coefficient (Wildman–Crippen LogP) is -3.30. The first-order valence-electron chi connectivity index (χ1n) is 26.8. The summed E-state index contributed by atoms with van der Waals surface area (Å²) in [5.74, 6) is 2.34. The molecule has 13 N–H and O–H groups in total. The zero-order chi connectivity index (χ0) is 52.2. The first-order valence-corrected chi connectivity index (χ1v) is 26.8. The van der Waals surface area contributed by atoms with Gasteiger partial charge in [0.2, 0.25) is 0 Å². The van der Waals surface area contributed by atoms with E-state index in [4.69, 9.17) is 47.4 Å². The lowest BCUT2D eigenvalue weighted by atomic mass is 9.44. The van der Waals surface area contributed by atoms with Gasteiger partial charge in [0.05, 0.1) is 51.3 Å². The van der Waals surface area contributed by atoms with Crippen LogP contribution in [0, 0.1) is 52.3 Å². The summed E-state index contributed by atoms with van der Waals surface area (Å²) >= 11 is 0. The standard InChI is InChI=1S/C50H82O23/c1-19-7-10-50(65-17-19)20(2)32-28(73-50)12-24-22-6-5-21-11-27(25(54)13-49(21,4)23(22)8-9-48(24,32)3)66-45-40(63)37(60)41(31(16-53)69-45)70-47-43(72-46-39(62)36(59)34(57)29(14-51)67-46)42(35(58)30(15-52)68-47)71-44-38(61)33(56)26(55)18-64-44/h19-47,51-63H,5-18H2,1-4H3/t19?,20-,21-,22+,23-,24-,25+,26+,27+,28-,29+,30+,31+,32-,33-,34-,35+,36-,37+,38+,39+,40+,41-,42-,43+,44-,45+,46-,47-,48-,49-,50+/m0/s1. The highest BCUT2D eigenvalue weighted by atomic mass is 16.8. The number of ether oxygens (including phenoxy) is 10. The first-order chi connectivity index (χ1) is 34.7. The van der Waals surface area contributed by atoms with E-state index in [1.807, 2.05) is 0 Å². The molecular formula is C50H82O23. The summed E-state index contributed by atoms with van der Waals surface area (Å²) < 4.78 is 61.1. The Morgan fingerprint density at radius 3 is 1.85 bits per heavy atom. The third-order valence-electron chi connectivity index (χ3n) is 20.0. The summed E-state index contributed by atoms with van der Waals surface area (Å²) in [6.07, 6.45) is -27.2. The molecule has 1 unspecified atom stereocenters. The zero-order valence-corrected chi connectivity index (χ0v) is 42.0. The van der Waals surface area contributed by atoms with Gasteiger partial charge in [-0.25, -0.2) is 0 Å². The number of hydrogen-bond acceptors (Lipinski definition) is 23. The lowest BCUT2D eigenvalue weighted by Gasteiger charge is -2.62. The minimum absolute atomic E-state index is 0.130. The molecule has 0 aromatic heterocycles. The van der Waals surface area contributed by atoms with Crippen molar-refractivity contribution in [3.8, 4) is 0 Å². The largest absolute Gasteiger partial charge is 0.394 e. The molecule has 4 saturated carbocycles. The van der Waals surface area contributed by atoms with E-state index in [0.717, 1.165) is 51.6 Å². The van der Waals surface area contributed by atoms with E-state index in [2.05, 4.69) is 27.7 Å². The summed E-state index contributed by atoms with van der Waals surface area (Å²) in [5.41, 5.74) is -0.0565. The number of fused-ring (bicyclic) bond motifs is 7. The number of aliphatic hydroxyl groups is 13. The summed E-state index contributed by atoms with van der Waals surface area (Å²) in [5, 5.41) is 141. The molecule has 4 aliphatic carbocycles. The van der Waals surface area contributed by atoms with Gasteiger partial charge in [0.25, 0.3) is 0 Å². The summed E-state index contributed by atoms with van der Waals surface area (Å²) in [6, 6.07) is 0. The maximum Gasteiger partial charge on any atom is 0.187 e. The zero-order valence-electron chi connectivity index (χ0n) is 42.0. The van der Waals surface area contributed by atoms with Gasteiger partial charge in [-0.05, 0) is 97.7 Å². The lowest BCUT2D eigenvalue weighted by Crippen LogP contribution is -2.68. The van der Waals surface area contributed by atoms with Crippen LogP contribution >= 0.6 is 0 Å². The quantitative estimate of drug-likeness (QED) is 0.0902. The maximum absolute atomic E-state index is 12.0. The molecule has 23 heteroatoms. The monoisotopic (exact) mass is 1050 g/mol. The topological polar surface area (TPSA) is 355 Å². The Balaban J connectivity index is 0.824. The van der Waals surface area contributed by atoms with Crippen LogP contribution in [0.2, 0.25) is 0 Å². The van der Waals surface area contributed by atoms with E-state index >= 15 is 0 Å². The van der Waals surface area contributed by atoms with Gasteiger partial charge >= 0.3 is 0 Å². The Labute approximate surface area is 424 Å². The van der Waals surface area contributed by atoms with Gasteiger partial charge < -0.3 is 114 Å². The van der Waals surface area contributed by atoms with Crippen molar-refractivity contribution in [2.24, 2.45) is 52.3 Å². The maximum atomic E-state index is 12.0. The smallest absolute Gasteiger partial charge is 0.187 e. The van der Waals surface area contributed by atoms with Crippen LogP contribution in [0.25, 0.3) is 0 Å². The van der Waals surface area contributed by atoms with Crippen LogP contribution < -0.4 is 0 Å². The fourth-order valence-corrected chi connectivity index (χ4v) is 15.9. The van der Waals surface area contributed by atoms with E-state index in [1.54, 1.807) is 0 Å². The highest BCUT2D eigenvalue weighted by Gasteiger charge is 2.70. The Hall–Kier alpha value is -0.920. The van der Waals surface area contributed by atoms with E-state index in [1.165, 1.54) is 0 Å². The van der Waals surface area contributed by atoms with E-state index in [0.29, 0.717) is 48.3 Å². The molecule has 6 heterocycles. The highest BCUT2D eigenvalue weighted by molar-refractivity contribution is 5.16. The lowest BCUT2D eigenvalue weighted by molar-refractivity contribution is -0.404. The van der Waals surface area contributed by atoms with E-state index < -0.39 is 161 Å². The van der Waals surface area contributed by atoms with Crippen molar-refractivity contribution in [1.29, 1.82) is 0 Å². The molecule has 0 aromatic rings. The Morgan fingerprint density at radius 1 is 0.521 bits per heavy atom. The van der Waals surface area contributed by atoms with Crippen molar-refractivity contribution < 1.29 is 114 Å². The van der Waals surface area contributed by atoms with Crippen molar-refractivity contribution in [1.82, 2.24) is 0 Å². The average Bonchev–Trinajstić information content (AvgIpc) is 3.82. The van der Waals surface area contributed by atoms with Crippen LogP contribution in [-0.4, -0.2) is 240 Å². The minimum Gasteiger partial charge on any atom is -0.394 e. The van der Waals surface area contributed by atoms with Crippen LogP contribution in [0.15, 0.2) is 0 Å². The van der Waals surface area contributed by atoms with Gasteiger partial charge in [0, 0.05) is 12.3 Å². The molecule has 10 fully saturated rings. The highest BCUT2D eigenvalue weighted by Crippen LogP contribution is 2.71. The molecule has 6 aliphatic heterocycles. The summed E-state index contributed by atoms with van der Waals surface area (Å²) in [6.45, 7) is 7.02. The van der Waals surface area contributed by atoms with Crippen LogP contribution in [0.3, 0.4) is 0 Å². The van der Waals surface area contributed by atoms with Crippen molar-refractivity contribution in [2.45, 2.75) is 226 Å². The van der Waals surface area contributed by atoms with Crippen molar-refractivity contribution in [2.75, 3.05) is 33.0 Å². The van der Waals surface area contributed by atoms with Crippen molar-refractivity contribution in [3.05, 3.63) is 0 Å². The second-order valence-corrected chi connectivity index (χ2v) is 24.0. The van der Waals surface area contributed by atoms with Gasteiger partial charge in [0.1, 0.15) is 91.6 Å². The summed E-state index contributed by atoms with van der Waals surface area (Å²) in [4.78, 5) is 0. The molecule has 73 heavy (non-hydrogen) atoms. The molecule has 1 spiro atoms. The fourth-order valence-electron chi connectivity index (χ4n) is 15.9. The van der Waals surface area contributed by atoms with Crippen LogP contribution in [0.4, 0.5) is 0 Å². The molecule has 6 saturated heterocycles. The third-order valence-corrected chi connectivity index (χ3v) is 20.0. The second kappa shape index (κ2) is 21.3. The second-order valence-electron chi connectivity index (χ2n) is 24.0. The van der Waals surface area contributed by atoms with Gasteiger partial charge in [-0.15, -0.1) is 0 Å². The predicted molar refractivity (Wildman–Crippen MR) is 244 cm³/mol. The molecule has 0 bridgehead atoms. The van der Waals surface area contributed by atoms with Crippen LogP contribution in [0.5, 0.6) is 0 Å². The molecule has 32 atom stereocenters. The van der Waals surface area contributed by atoms with Crippen molar-refractivity contribution >= 4 is 0 Å². The average molecular weight is 1050 g/mol. The normalized spacial score (nSPS) is 58.2. The number of hydrogen-bond donors (Lipinski definition) is 13. The fraction of sp³-hybridized carbons (Fsp3) is 1.00. The van der Waals surface area contributed by atoms with Gasteiger partial charge in [-0.3, -0.25) is 0 Å². The SMILES string of the molecule is CC1CC[C@@]2(OC1)O[C@H]1C[C@H]3[C@@H]4CC[C@H]5C[C@@H](O[C@@H]6O[C@H](CO)[C@H](O[C@@H]7O[C@H](CO)[C@@H](O)[C@H](O[C@@H]8OC[C@@H](O)[C@H](O)[C@H]8O)[C@H]7O[C@@H]7O[C@H](CO)[C@H](O)[C@H](O)[C@H]7O)[C@H](O)[C@H]6O)[C@H](O)C[C@]5(C)[C@H]4CC[C@]3(C)[C@H]1[C@@H]2C. The van der Waals surface area contributed by atoms with Gasteiger partial charge in [0.15, 0.2) is 30.9 Å². The first kappa shape index (κ1) is 55.4.